The largest absolute Gasteiger partial charge is 0.212 e. The zero-order valence-corrected chi connectivity index (χ0v) is 14.3. The maximum absolute atomic E-state index is 4.50. The summed E-state index contributed by atoms with van der Waals surface area (Å²) >= 11 is 0. The predicted octanol–water partition coefficient (Wildman–Crippen LogP) is 5.22. The molecule has 3 heteroatoms. The fourth-order valence-electron chi connectivity index (χ4n) is 2.91. The summed E-state index contributed by atoms with van der Waals surface area (Å²) in [5.41, 5.74) is 7.56. The Balaban J connectivity index is 1.94. The Bertz CT molecular complexity index is 982. The molecule has 0 saturated carbocycles. The fraction of sp³-hybridized carbons (Fsp3) is 0.0909. The highest BCUT2D eigenvalue weighted by Crippen LogP contribution is 2.32. The van der Waals surface area contributed by atoms with Gasteiger partial charge in [-0.05, 0) is 26.0 Å². The minimum atomic E-state index is 0.896. The van der Waals surface area contributed by atoms with Crippen LogP contribution in [-0.2, 0) is 0 Å². The highest BCUT2D eigenvalue weighted by molar-refractivity contribution is 5.79. The van der Waals surface area contributed by atoms with E-state index in [0.29, 0.717) is 0 Å². The molecule has 0 spiro atoms. The smallest absolute Gasteiger partial charge is 0.121 e. The van der Waals surface area contributed by atoms with Gasteiger partial charge in [-0.1, -0.05) is 83.1 Å². The molecule has 3 nitrogen and oxygen atoms in total. The van der Waals surface area contributed by atoms with Crippen molar-refractivity contribution >= 4 is 0 Å². The first-order valence-electron chi connectivity index (χ1n) is 8.37. The number of hydrogen-bond donors (Lipinski definition) is 0. The zero-order valence-electron chi connectivity index (χ0n) is 14.3. The number of rotatable bonds is 3. The third kappa shape index (κ3) is 2.96. The van der Waals surface area contributed by atoms with Gasteiger partial charge in [-0.25, -0.2) is 4.68 Å². The molecule has 0 saturated heterocycles. The van der Waals surface area contributed by atoms with E-state index in [1.54, 1.807) is 0 Å². The minimum Gasteiger partial charge on any atom is -0.212 e. The second kappa shape index (κ2) is 6.36. The first-order chi connectivity index (χ1) is 12.2. The first kappa shape index (κ1) is 15.3. The maximum atomic E-state index is 4.50. The van der Waals surface area contributed by atoms with Gasteiger partial charge < -0.3 is 0 Å². The maximum Gasteiger partial charge on any atom is 0.121 e. The lowest BCUT2D eigenvalue weighted by molar-refractivity contribution is 0.808. The SMILES string of the molecule is Cc1ccc(-c2nnn(-c3ccccc3)c2-c2ccc(C)cc2)cc1. The average molecular weight is 325 g/mol. The van der Waals surface area contributed by atoms with Gasteiger partial charge in [-0.15, -0.1) is 5.10 Å². The number of hydrogen-bond acceptors (Lipinski definition) is 2. The molecule has 0 amide bonds. The van der Waals surface area contributed by atoms with Crippen LogP contribution >= 0.6 is 0 Å². The summed E-state index contributed by atoms with van der Waals surface area (Å²) in [7, 11) is 0. The Morgan fingerprint density at radius 1 is 0.640 bits per heavy atom. The van der Waals surface area contributed by atoms with Crippen LogP contribution in [0.2, 0.25) is 0 Å². The monoisotopic (exact) mass is 325 g/mol. The Hall–Kier alpha value is -3.20. The van der Waals surface area contributed by atoms with Crippen molar-refractivity contribution in [2.24, 2.45) is 0 Å². The number of benzene rings is 3. The summed E-state index contributed by atoms with van der Waals surface area (Å²) in [5, 5.41) is 8.95. The second-order valence-electron chi connectivity index (χ2n) is 6.27. The molecule has 25 heavy (non-hydrogen) atoms. The number of para-hydroxylation sites is 1. The molecule has 122 valence electrons. The van der Waals surface area contributed by atoms with E-state index < -0.39 is 0 Å². The van der Waals surface area contributed by atoms with Gasteiger partial charge in [0.05, 0.1) is 5.69 Å². The van der Waals surface area contributed by atoms with Gasteiger partial charge in [0.2, 0.25) is 0 Å². The van der Waals surface area contributed by atoms with E-state index in [1.165, 1.54) is 11.1 Å². The summed E-state index contributed by atoms with van der Waals surface area (Å²) in [6.07, 6.45) is 0. The summed E-state index contributed by atoms with van der Waals surface area (Å²) in [6, 6.07) is 27.1. The van der Waals surface area contributed by atoms with Gasteiger partial charge in [0.1, 0.15) is 11.4 Å². The minimum absolute atomic E-state index is 0.896. The summed E-state index contributed by atoms with van der Waals surface area (Å²) in [4.78, 5) is 0. The Labute approximate surface area is 147 Å². The van der Waals surface area contributed by atoms with Crippen LogP contribution in [0, 0.1) is 13.8 Å². The molecule has 0 unspecified atom stereocenters. The predicted molar refractivity (Wildman–Crippen MR) is 102 cm³/mol. The zero-order chi connectivity index (χ0) is 17.2. The number of aryl methyl sites for hydroxylation is 2. The van der Waals surface area contributed by atoms with Gasteiger partial charge in [-0.3, -0.25) is 0 Å². The lowest BCUT2D eigenvalue weighted by Gasteiger charge is -2.09. The van der Waals surface area contributed by atoms with Crippen LogP contribution < -0.4 is 0 Å². The quantitative estimate of drug-likeness (QED) is 0.517. The molecule has 0 fully saturated rings. The van der Waals surface area contributed by atoms with Crippen LogP contribution in [0.3, 0.4) is 0 Å². The van der Waals surface area contributed by atoms with Crippen molar-refractivity contribution in [1.82, 2.24) is 15.0 Å². The summed E-state index contributed by atoms with van der Waals surface area (Å²) < 4.78 is 1.92. The first-order valence-corrected chi connectivity index (χ1v) is 8.37. The van der Waals surface area contributed by atoms with E-state index in [-0.39, 0.29) is 0 Å². The van der Waals surface area contributed by atoms with E-state index >= 15 is 0 Å². The molecule has 1 heterocycles. The summed E-state index contributed by atoms with van der Waals surface area (Å²) in [5.74, 6) is 0. The highest BCUT2D eigenvalue weighted by atomic mass is 15.4. The molecule has 3 aromatic carbocycles. The van der Waals surface area contributed by atoms with E-state index in [9.17, 15) is 0 Å². The molecule has 4 aromatic rings. The normalized spacial score (nSPS) is 10.8. The topological polar surface area (TPSA) is 30.7 Å². The number of nitrogens with zero attached hydrogens (tertiary/aromatic N) is 3. The molecule has 4 rings (SSSR count). The lowest BCUT2D eigenvalue weighted by atomic mass is 10.0. The van der Waals surface area contributed by atoms with Crippen molar-refractivity contribution in [1.29, 1.82) is 0 Å². The third-order valence-corrected chi connectivity index (χ3v) is 4.32. The van der Waals surface area contributed by atoms with Gasteiger partial charge >= 0.3 is 0 Å². The average Bonchev–Trinajstić information content (AvgIpc) is 3.09. The van der Waals surface area contributed by atoms with Crippen LogP contribution in [0.5, 0.6) is 0 Å². The Morgan fingerprint density at radius 3 is 1.80 bits per heavy atom. The number of aromatic nitrogens is 3. The molecule has 0 bridgehead atoms. The molecule has 1 aromatic heterocycles. The molecular formula is C22H19N3. The molecule has 0 aliphatic carbocycles. The van der Waals surface area contributed by atoms with E-state index in [4.69, 9.17) is 0 Å². The molecule has 0 radical (unpaired) electrons. The van der Waals surface area contributed by atoms with Gasteiger partial charge in [0.15, 0.2) is 0 Å². The van der Waals surface area contributed by atoms with Crippen molar-refractivity contribution in [3.8, 4) is 28.2 Å². The van der Waals surface area contributed by atoms with Crippen molar-refractivity contribution in [3.63, 3.8) is 0 Å². The lowest BCUT2D eigenvalue weighted by Crippen LogP contribution is -1.99. The van der Waals surface area contributed by atoms with Gasteiger partial charge in [0.25, 0.3) is 0 Å². The highest BCUT2D eigenvalue weighted by Gasteiger charge is 2.17. The van der Waals surface area contributed by atoms with E-state index in [1.807, 2.05) is 35.0 Å². The van der Waals surface area contributed by atoms with Crippen LogP contribution in [0.4, 0.5) is 0 Å². The van der Waals surface area contributed by atoms with E-state index in [0.717, 1.165) is 28.2 Å². The van der Waals surface area contributed by atoms with Gasteiger partial charge in [-0.2, -0.15) is 0 Å². The molecule has 0 N–H and O–H groups in total. The second-order valence-corrected chi connectivity index (χ2v) is 6.27. The van der Waals surface area contributed by atoms with Crippen LogP contribution in [0.25, 0.3) is 28.2 Å². The van der Waals surface area contributed by atoms with Crippen molar-refractivity contribution in [2.45, 2.75) is 13.8 Å². The van der Waals surface area contributed by atoms with Crippen LogP contribution in [0.15, 0.2) is 78.9 Å². The van der Waals surface area contributed by atoms with Crippen LogP contribution in [0.1, 0.15) is 11.1 Å². The molecule has 0 atom stereocenters. The third-order valence-electron chi connectivity index (χ3n) is 4.32. The molecule has 0 aliphatic heterocycles. The van der Waals surface area contributed by atoms with Crippen LogP contribution in [-0.4, -0.2) is 15.0 Å². The van der Waals surface area contributed by atoms with Crippen molar-refractivity contribution in [3.05, 3.63) is 90.0 Å². The summed E-state index contributed by atoms with van der Waals surface area (Å²) in [6.45, 7) is 4.18. The van der Waals surface area contributed by atoms with Crippen molar-refractivity contribution < 1.29 is 0 Å². The Kier molecular flexibility index (Phi) is 3.90. The molecular weight excluding hydrogens is 306 g/mol. The van der Waals surface area contributed by atoms with E-state index in [2.05, 4.69) is 72.7 Å². The standard InChI is InChI=1S/C22H19N3/c1-16-8-12-18(13-9-16)21-22(19-14-10-17(2)11-15-19)25(24-23-21)20-6-4-3-5-7-20/h3-15H,1-2H3. The molecule has 0 aliphatic rings. The van der Waals surface area contributed by atoms with Crippen molar-refractivity contribution in [2.75, 3.05) is 0 Å². The Morgan fingerprint density at radius 2 is 1.20 bits per heavy atom. The van der Waals surface area contributed by atoms with Gasteiger partial charge in [0, 0.05) is 11.1 Å². The fourth-order valence-corrected chi connectivity index (χ4v) is 2.91.